The lowest BCUT2D eigenvalue weighted by atomic mass is 10.3. The van der Waals surface area contributed by atoms with Crippen molar-refractivity contribution in [1.29, 1.82) is 0 Å². The van der Waals surface area contributed by atoms with Crippen LogP contribution in [-0.2, 0) is 0 Å². The maximum Gasteiger partial charge on any atom is 0.140 e. The molecule has 0 atom stereocenters. The minimum absolute atomic E-state index is 0.794. The molecule has 1 aromatic rings. The third-order valence-electron chi connectivity index (χ3n) is 1.93. The van der Waals surface area contributed by atoms with Gasteiger partial charge < -0.3 is 4.74 Å². The van der Waals surface area contributed by atoms with E-state index in [9.17, 15) is 0 Å². The molecule has 0 aliphatic rings. The SMILES string of the molecule is CCCCOc1ccc(C)nc1C. The summed E-state index contributed by atoms with van der Waals surface area (Å²) in [5.74, 6) is 0.916. The van der Waals surface area contributed by atoms with Gasteiger partial charge in [-0.25, -0.2) is 0 Å². The number of nitrogens with zero attached hydrogens (tertiary/aromatic N) is 1. The van der Waals surface area contributed by atoms with Crippen LogP contribution in [0.1, 0.15) is 31.2 Å². The first kappa shape index (κ1) is 10.0. The standard InChI is InChI=1S/C11H17NO/c1-4-5-8-13-11-7-6-9(2)12-10(11)3/h6-7H,4-5,8H2,1-3H3. The Bertz CT molecular complexity index is 271. The van der Waals surface area contributed by atoms with Gasteiger partial charge in [-0.05, 0) is 32.4 Å². The normalized spacial score (nSPS) is 10.1. The van der Waals surface area contributed by atoms with Gasteiger partial charge in [-0.1, -0.05) is 13.3 Å². The molecule has 0 unspecified atom stereocenters. The number of aromatic nitrogens is 1. The Hall–Kier alpha value is -1.05. The third kappa shape index (κ3) is 3.05. The molecule has 0 bridgehead atoms. The molecule has 0 saturated carbocycles. The quantitative estimate of drug-likeness (QED) is 0.663. The van der Waals surface area contributed by atoms with Crippen molar-refractivity contribution in [1.82, 2.24) is 4.98 Å². The van der Waals surface area contributed by atoms with Crippen molar-refractivity contribution in [2.24, 2.45) is 0 Å². The molecule has 2 heteroatoms. The predicted molar refractivity (Wildman–Crippen MR) is 54.1 cm³/mol. The lowest BCUT2D eigenvalue weighted by Gasteiger charge is -2.07. The minimum atomic E-state index is 0.794. The zero-order chi connectivity index (χ0) is 9.68. The summed E-state index contributed by atoms with van der Waals surface area (Å²) in [5, 5.41) is 0. The van der Waals surface area contributed by atoms with Crippen molar-refractivity contribution in [3.63, 3.8) is 0 Å². The Balaban J connectivity index is 2.56. The fraction of sp³-hybridized carbons (Fsp3) is 0.545. The summed E-state index contributed by atoms with van der Waals surface area (Å²) in [5.41, 5.74) is 2.02. The second-order valence-corrected chi connectivity index (χ2v) is 3.24. The Labute approximate surface area is 80.0 Å². The van der Waals surface area contributed by atoms with Gasteiger partial charge in [0.1, 0.15) is 5.75 Å². The van der Waals surface area contributed by atoms with Crippen molar-refractivity contribution in [2.45, 2.75) is 33.6 Å². The molecule has 0 fully saturated rings. The van der Waals surface area contributed by atoms with E-state index in [4.69, 9.17) is 4.74 Å². The summed E-state index contributed by atoms with van der Waals surface area (Å²) in [4.78, 5) is 4.33. The number of hydrogen-bond donors (Lipinski definition) is 0. The van der Waals surface area contributed by atoms with Crippen molar-refractivity contribution in [2.75, 3.05) is 6.61 Å². The molecule has 0 spiro atoms. The van der Waals surface area contributed by atoms with Crippen molar-refractivity contribution < 1.29 is 4.74 Å². The average molecular weight is 179 g/mol. The van der Waals surface area contributed by atoms with E-state index >= 15 is 0 Å². The number of pyridine rings is 1. The third-order valence-corrected chi connectivity index (χ3v) is 1.93. The van der Waals surface area contributed by atoms with Crippen LogP contribution in [0.2, 0.25) is 0 Å². The molecule has 72 valence electrons. The zero-order valence-electron chi connectivity index (χ0n) is 8.63. The fourth-order valence-corrected chi connectivity index (χ4v) is 1.15. The van der Waals surface area contributed by atoms with Gasteiger partial charge in [0, 0.05) is 5.69 Å². The van der Waals surface area contributed by atoms with Crippen molar-refractivity contribution in [3.05, 3.63) is 23.5 Å². The first-order valence-electron chi connectivity index (χ1n) is 4.81. The van der Waals surface area contributed by atoms with Gasteiger partial charge in [-0.2, -0.15) is 0 Å². The van der Waals surface area contributed by atoms with E-state index in [-0.39, 0.29) is 0 Å². The van der Waals surface area contributed by atoms with Gasteiger partial charge in [0.15, 0.2) is 0 Å². The van der Waals surface area contributed by atoms with Crippen molar-refractivity contribution in [3.8, 4) is 5.75 Å². The Kier molecular flexibility index (Phi) is 3.74. The van der Waals surface area contributed by atoms with Crippen LogP contribution in [0.25, 0.3) is 0 Å². The molecule has 0 aliphatic heterocycles. The first-order chi connectivity index (χ1) is 6.24. The number of unbranched alkanes of at least 4 members (excludes halogenated alkanes) is 1. The molecule has 2 nitrogen and oxygen atoms in total. The topological polar surface area (TPSA) is 22.1 Å². The monoisotopic (exact) mass is 179 g/mol. The molecule has 1 heterocycles. The molecule has 0 aliphatic carbocycles. The molecular formula is C11H17NO. The molecule has 1 aromatic heterocycles. The van der Waals surface area contributed by atoms with E-state index in [0.717, 1.165) is 30.2 Å². The molecule has 0 N–H and O–H groups in total. The summed E-state index contributed by atoms with van der Waals surface area (Å²) in [7, 11) is 0. The highest BCUT2D eigenvalue weighted by Crippen LogP contribution is 2.15. The van der Waals surface area contributed by atoms with E-state index in [2.05, 4.69) is 11.9 Å². The van der Waals surface area contributed by atoms with Crippen LogP contribution in [0, 0.1) is 13.8 Å². The van der Waals surface area contributed by atoms with E-state index in [0.29, 0.717) is 0 Å². The lowest BCUT2D eigenvalue weighted by Crippen LogP contribution is -1.99. The lowest BCUT2D eigenvalue weighted by molar-refractivity contribution is 0.306. The second kappa shape index (κ2) is 4.85. The van der Waals surface area contributed by atoms with Crippen LogP contribution in [0.3, 0.4) is 0 Å². The number of rotatable bonds is 4. The number of aryl methyl sites for hydroxylation is 2. The fourth-order valence-electron chi connectivity index (χ4n) is 1.15. The molecule has 0 saturated heterocycles. The smallest absolute Gasteiger partial charge is 0.140 e. The summed E-state index contributed by atoms with van der Waals surface area (Å²) in [6.07, 6.45) is 2.27. The van der Waals surface area contributed by atoms with Crippen LogP contribution in [0.5, 0.6) is 5.75 Å². The molecular weight excluding hydrogens is 162 g/mol. The van der Waals surface area contributed by atoms with Crippen molar-refractivity contribution >= 4 is 0 Å². The molecule has 0 radical (unpaired) electrons. The number of hydrogen-bond acceptors (Lipinski definition) is 2. The summed E-state index contributed by atoms with van der Waals surface area (Å²) in [6.45, 7) is 6.92. The Morgan fingerprint density at radius 2 is 2.08 bits per heavy atom. The molecule has 0 aromatic carbocycles. The Morgan fingerprint density at radius 3 is 2.69 bits per heavy atom. The predicted octanol–water partition coefficient (Wildman–Crippen LogP) is 2.88. The van der Waals surface area contributed by atoms with E-state index in [1.165, 1.54) is 6.42 Å². The number of ether oxygens (including phenoxy) is 1. The highest BCUT2D eigenvalue weighted by molar-refractivity contribution is 5.27. The molecule has 1 rings (SSSR count). The average Bonchev–Trinajstić information content (AvgIpc) is 2.09. The van der Waals surface area contributed by atoms with E-state index in [1.54, 1.807) is 0 Å². The maximum absolute atomic E-state index is 5.57. The summed E-state index contributed by atoms with van der Waals surface area (Å²) >= 11 is 0. The van der Waals surface area contributed by atoms with Crippen LogP contribution >= 0.6 is 0 Å². The van der Waals surface area contributed by atoms with Gasteiger partial charge in [0.25, 0.3) is 0 Å². The van der Waals surface area contributed by atoms with Gasteiger partial charge in [0.2, 0.25) is 0 Å². The summed E-state index contributed by atoms with van der Waals surface area (Å²) < 4.78 is 5.57. The highest BCUT2D eigenvalue weighted by Gasteiger charge is 1.99. The summed E-state index contributed by atoms with van der Waals surface area (Å²) in [6, 6.07) is 3.97. The maximum atomic E-state index is 5.57. The van der Waals surface area contributed by atoms with E-state index < -0.39 is 0 Å². The minimum Gasteiger partial charge on any atom is -0.492 e. The molecule has 13 heavy (non-hydrogen) atoms. The van der Waals surface area contributed by atoms with Crippen LogP contribution in [0.15, 0.2) is 12.1 Å². The van der Waals surface area contributed by atoms with Crippen LogP contribution in [0.4, 0.5) is 0 Å². The van der Waals surface area contributed by atoms with Gasteiger partial charge in [-0.15, -0.1) is 0 Å². The first-order valence-corrected chi connectivity index (χ1v) is 4.81. The second-order valence-electron chi connectivity index (χ2n) is 3.24. The van der Waals surface area contributed by atoms with E-state index in [1.807, 2.05) is 26.0 Å². The van der Waals surface area contributed by atoms with Gasteiger partial charge in [-0.3, -0.25) is 4.98 Å². The zero-order valence-corrected chi connectivity index (χ0v) is 8.63. The van der Waals surface area contributed by atoms with Gasteiger partial charge >= 0.3 is 0 Å². The molecule has 0 amide bonds. The van der Waals surface area contributed by atoms with Gasteiger partial charge in [0.05, 0.1) is 12.3 Å². The van der Waals surface area contributed by atoms with Crippen LogP contribution in [-0.4, -0.2) is 11.6 Å². The highest BCUT2D eigenvalue weighted by atomic mass is 16.5. The van der Waals surface area contributed by atoms with Crippen LogP contribution < -0.4 is 4.74 Å². The Morgan fingerprint density at radius 1 is 1.31 bits per heavy atom. The largest absolute Gasteiger partial charge is 0.492 e.